The minimum atomic E-state index is 0.573. The van der Waals surface area contributed by atoms with Gasteiger partial charge in [0.1, 0.15) is 12.4 Å². The molecule has 0 saturated carbocycles. The summed E-state index contributed by atoms with van der Waals surface area (Å²) >= 11 is 0. The molecule has 4 N–H and O–H groups in total. The lowest BCUT2D eigenvalue weighted by Crippen LogP contribution is -2.29. The first-order valence-electron chi connectivity index (χ1n) is 6.17. The summed E-state index contributed by atoms with van der Waals surface area (Å²) in [5, 5.41) is 0. The van der Waals surface area contributed by atoms with Crippen molar-refractivity contribution in [3.05, 3.63) is 18.2 Å². The van der Waals surface area contributed by atoms with Gasteiger partial charge in [-0.1, -0.05) is 13.8 Å². The molecule has 1 aromatic carbocycles. The molecule has 17 heavy (non-hydrogen) atoms. The molecule has 0 aliphatic heterocycles. The van der Waals surface area contributed by atoms with Crippen LogP contribution in [0.25, 0.3) is 0 Å². The number of rotatable bonds is 7. The van der Waals surface area contributed by atoms with Gasteiger partial charge in [0.2, 0.25) is 0 Å². The van der Waals surface area contributed by atoms with E-state index in [4.69, 9.17) is 16.2 Å². The normalized spacial score (nSPS) is 10.8. The summed E-state index contributed by atoms with van der Waals surface area (Å²) < 4.78 is 5.64. The molecule has 0 unspecified atom stereocenters. The molecule has 0 bridgehead atoms. The fourth-order valence-corrected chi connectivity index (χ4v) is 1.68. The van der Waals surface area contributed by atoms with Crippen molar-refractivity contribution in [1.82, 2.24) is 4.90 Å². The molecule has 0 radical (unpaired) electrons. The minimum absolute atomic E-state index is 0.573. The van der Waals surface area contributed by atoms with E-state index in [9.17, 15) is 0 Å². The Kier molecular flexibility index (Phi) is 5.63. The van der Waals surface area contributed by atoms with E-state index in [-0.39, 0.29) is 0 Å². The third-order valence-corrected chi connectivity index (χ3v) is 2.72. The smallest absolute Gasteiger partial charge is 0.121 e. The highest BCUT2D eigenvalue weighted by Gasteiger charge is 2.02. The number of nitrogens with two attached hydrogens (primary N) is 2. The van der Waals surface area contributed by atoms with Crippen LogP contribution in [0.15, 0.2) is 18.2 Å². The molecule has 0 amide bonds. The molecule has 0 aromatic heterocycles. The summed E-state index contributed by atoms with van der Waals surface area (Å²) in [6, 6.07) is 5.39. The van der Waals surface area contributed by atoms with Gasteiger partial charge in [-0.3, -0.25) is 0 Å². The number of nitrogens with zero attached hydrogens (tertiary/aromatic N) is 1. The Labute approximate surface area is 104 Å². The quantitative estimate of drug-likeness (QED) is 0.712. The number of benzene rings is 1. The van der Waals surface area contributed by atoms with Crippen LogP contribution in [0.3, 0.4) is 0 Å². The summed E-state index contributed by atoms with van der Waals surface area (Å²) in [5.41, 5.74) is 12.5. The summed E-state index contributed by atoms with van der Waals surface area (Å²) in [6.07, 6.45) is 1.17. The average Bonchev–Trinajstić information content (AvgIpc) is 2.32. The second kappa shape index (κ2) is 7.01. The second-order valence-electron chi connectivity index (χ2n) is 4.07. The van der Waals surface area contributed by atoms with Gasteiger partial charge in [-0.2, -0.15) is 0 Å². The maximum Gasteiger partial charge on any atom is 0.121 e. The van der Waals surface area contributed by atoms with Gasteiger partial charge < -0.3 is 21.1 Å². The summed E-state index contributed by atoms with van der Waals surface area (Å²) in [7, 11) is 0. The lowest BCUT2D eigenvalue weighted by Gasteiger charge is -2.19. The van der Waals surface area contributed by atoms with Crippen LogP contribution in [0.2, 0.25) is 0 Å². The van der Waals surface area contributed by atoms with Crippen LogP contribution in [0.1, 0.15) is 20.3 Å². The lowest BCUT2D eigenvalue weighted by atomic mass is 10.2. The molecule has 1 aromatic rings. The zero-order valence-electron chi connectivity index (χ0n) is 10.8. The Morgan fingerprint density at radius 3 is 2.47 bits per heavy atom. The lowest BCUT2D eigenvalue weighted by molar-refractivity contribution is 0.216. The fourth-order valence-electron chi connectivity index (χ4n) is 1.68. The molecule has 0 saturated heterocycles. The number of anilines is 2. The van der Waals surface area contributed by atoms with Gasteiger partial charge in [-0.25, -0.2) is 0 Å². The first-order valence-corrected chi connectivity index (χ1v) is 6.17. The van der Waals surface area contributed by atoms with Crippen LogP contribution in [-0.4, -0.2) is 31.1 Å². The Morgan fingerprint density at radius 1 is 1.12 bits per heavy atom. The predicted molar refractivity (Wildman–Crippen MR) is 73.2 cm³/mol. The van der Waals surface area contributed by atoms with Crippen molar-refractivity contribution in [3.8, 4) is 5.75 Å². The fraction of sp³-hybridized carbons (Fsp3) is 0.538. The summed E-state index contributed by atoms with van der Waals surface area (Å²) in [6.45, 7) is 8.14. The Morgan fingerprint density at radius 2 is 1.88 bits per heavy atom. The minimum Gasteiger partial charge on any atom is -0.492 e. The Bertz CT molecular complexity index is 341. The van der Waals surface area contributed by atoms with Gasteiger partial charge >= 0.3 is 0 Å². The molecular weight excluding hydrogens is 214 g/mol. The standard InChI is InChI=1S/C13H23N3O/c1-3-7-16(4-2)8-9-17-11-5-6-12(14)13(15)10-11/h5-6,10H,3-4,7-9,14-15H2,1-2H3. The molecule has 0 aliphatic rings. The van der Waals surface area contributed by atoms with Gasteiger partial charge in [-0.15, -0.1) is 0 Å². The number of nitrogen functional groups attached to an aromatic ring is 2. The van der Waals surface area contributed by atoms with E-state index in [1.165, 1.54) is 6.42 Å². The molecule has 1 rings (SSSR count). The van der Waals surface area contributed by atoms with Crippen molar-refractivity contribution < 1.29 is 4.74 Å². The van der Waals surface area contributed by atoms with Crippen molar-refractivity contribution in [2.24, 2.45) is 0 Å². The monoisotopic (exact) mass is 237 g/mol. The number of hydrogen-bond donors (Lipinski definition) is 2. The highest BCUT2D eigenvalue weighted by atomic mass is 16.5. The maximum absolute atomic E-state index is 5.71. The second-order valence-corrected chi connectivity index (χ2v) is 4.07. The highest BCUT2D eigenvalue weighted by molar-refractivity contribution is 5.65. The van der Waals surface area contributed by atoms with Crippen molar-refractivity contribution in [1.29, 1.82) is 0 Å². The van der Waals surface area contributed by atoms with Crippen molar-refractivity contribution >= 4 is 11.4 Å². The highest BCUT2D eigenvalue weighted by Crippen LogP contribution is 2.21. The predicted octanol–water partition coefficient (Wildman–Crippen LogP) is 1.96. The molecule has 0 spiro atoms. The third kappa shape index (κ3) is 4.53. The summed E-state index contributed by atoms with van der Waals surface area (Å²) in [5.74, 6) is 0.782. The van der Waals surface area contributed by atoms with E-state index < -0.39 is 0 Å². The maximum atomic E-state index is 5.71. The van der Waals surface area contributed by atoms with Crippen LogP contribution >= 0.6 is 0 Å². The number of ether oxygens (including phenoxy) is 1. The van der Waals surface area contributed by atoms with E-state index in [0.717, 1.165) is 25.4 Å². The molecule has 4 heteroatoms. The van der Waals surface area contributed by atoms with Crippen molar-refractivity contribution in [2.75, 3.05) is 37.7 Å². The van der Waals surface area contributed by atoms with E-state index in [2.05, 4.69) is 18.7 Å². The Balaban J connectivity index is 2.37. The van der Waals surface area contributed by atoms with E-state index in [0.29, 0.717) is 18.0 Å². The average molecular weight is 237 g/mol. The van der Waals surface area contributed by atoms with Crippen LogP contribution < -0.4 is 16.2 Å². The first-order chi connectivity index (χ1) is 8.17. The van der Waals surface area contributed by atoms with Gasteiger partial charge in [0.05, 0.1) is 11.4 Å². The van der Waals surface area contributed by atoms with E-state index >= 15 is 0 Å². The molecule has 0 heterocycles. The van der Waals surface area contributed by atoms with Crippen molar-refractivity contribution in [2.45, 2.75) is 20.3 Å². The van der Waals surface area contributed by atoms with Crippen LogP contribution in [-0.2, 0) is 0 Å². The third-order valence-electron chi connectivity index (χ3n) is 2.72. The zero-order chi connectivity index (χ0) is 12.7. The summed E-state index contributed by atoms with van der Waals surface area (Å²) in [4.78, 5) is 2.36. The van der Waals surface area contributed by atoms with Crippen LogP contribution in [0.5, 0.6) is 5.75 Å². The molecular formula is C13H23N3O. The number of likely N-dealkylation sites (N-methyl/N-ethyl adjacent to an activating group) is 1. The molecule has 0 atom stereocenters. The SMILES string of the molecule is CCCN(CC)CCOc1ccc(N)c(N)c1. The molecule has 4 nitrogen and oxygen atoms in total. The van der Waals surface area contributed by atoms with E-state index in [1.54, 1.807) is 12.1 Å². The topological polar surface area (TPSA) is 64.5 Å². The molecule has 0 aliphatic carbocycles. The van der Waals surface area contributed by atoms with Gasteiger partial charge in [-0.05, 0) is 31.6 Å². The van der Waals surface area contributed by atoms with Crippen LogP contribution in [0, 0.1) is 0 Å². The van der Waals surface area contributed by atoms with Crippen LogP contribution in [0.4, 0.5) is 11.4 Å². The largest absolute Gasteiger partial charge is 0.492 e. The molecule has 96 valence electrons. The van der Waals surface area contributed by atoms with Gasteiger partial charge in [0, 0.05) is 12.6 Å². The molecule has 0 fully saturated rings. The van der Waals surface area contributed by atoms with Gasteiger partial charge in [0.25, 0.3) is 0 Å². The first kappa shape index (κ1) is 13.6. The van der Waals surface area contributed by atoms with E-state index in [1.807, 2.05) is 6.07 Å². The Hall–Kier alpha value is -1.42. The number of hydrogen-bond acceptors (Lipinski definition) is 4. The zero-order valence-corrected chi connectivity index (χ0v) is 10.8. The van der Waals surface area contributed by atoms with Gasteiger partial charge in [0.15, 0.2) is 0 Å². The van der Waals surface area contributed by atoms with Crippen molar-refractivity contribution in [3.63, 3.8) is 0 Å².